The molecule has 19 heavy (non-hydrogen) atoms. The number of aliphatic hydroxyl groups excluding tert-OH is 1. The van der Waals surface area contributed by atoms with E-state index in [2.05, 4.69) is 5.10 Å². The van der Waals surface area contributed by atoms with E-state index < -0.39 is 0 Å². The Morgan fingerprint density at radius 2 is 2.11 bits per heavy atom. The van der Waals surface area contributed by atoms with Crippen LogP contribution >= 0.6 is 0 Å². The maximum Gasteiger partial charge on any atom is 0.161 e. The highest BCUT2D eigenvalue weighted by Crippen LogP contribution is 2.28. The summed E-state index contributed by atoms with van der Waals surface area (Å²) in [5, 5.41) is 13.2. The summed E-state index contributed by atoms with van der Waals surface area (Å²) in [6, 6.07) is 7.37. The van der Waals surface area contributed by atoms with Gasteiger partial charge < -0.3 is 14.6 Å². The zero-order valence-electron chi connectivity index (χ0n) is 11.2. The maximum absolute atomic E-state index is 9.13. The predicted molar refractivity (Wildman–Crippen MR) is 71.3 cm³/mol. The van der Waals surface area contributed by atoms with E-state index in [0.717, 1.165) is 17.7 Å². The number of hydrogen-bond donors (Lipinski definition) is 1. The lowest BCUT2D eigenvalue weighted by Gasteiger charge is -2.11. The van der Waals surface area contributed by atoms with Crippen molar-refractivity contribution in [2.45, 2.75) is 13.0 Å². The molecule has 1 aromatic heterocycles. The molecule has 1 aromatic carbocycles. The molecule has 0 bridgehead atoms. The van der Waals surface area contributed by atoms with E-state index in [1.54, 1.807) is 25.4 Å². The summed E-state index contributed by atoms with van der Waals surface area (Å²) in [7, 11) is 3.50. The molecule has 0 radical (unpaired) electrons. The first-order valence-corrected chi connectivity index (χ1v) is 6.12. The summed E-state index contributed by atoms with van der Waals surface area (Å²) in [6.45, 7) is 0.521. The van der Waals surface area contributed by atoms with Crippen molar-refractivity contribution in [1.82, 2.24) is 9.78 Å². The summed E-state index contributed by atoms with van der Waals surface area (Å²) >= 11 is 0. The molecule has 0 aliphatic heterocycles. The first-order valence-electron chi connectivity index (χ1n) is 6.12. The van der Waals surface area contributed by atoms with Crippen molar-refractivity contribution in [3.8, 4) is 11.5 Å². The molecule has 0 fully saturated rings. The van der Waals surface area contributed by atoms with Gasteiger partial charge in [0.25, 0.3) is 0 Å². The van der Waals surface area contributed by atoms with Crippen LogP contribution in [0, 0.1) is 0 Å². The second-order valence-electron chi connectivity index (χ2n) is 4.19. The number of aryl methyl sites for hydroxylation is 1. The Kier molecular flexibility index (Phi) is 4.41. The second-order valence-corrected chi connectivity index (χ2v) is 4.19. The Morgan fingerprint density at radius 1 is 1.26 bits per heavy atom. The van der Waals surface area contributed by atoms with Crippen molar-refractivity contribution in [3.05, 3.63) is 41.7 Å². The Hall–Kier alpha value is -2.01. The van der Waals surface area contributed by atoms with Crippen molar-refractivity contribution in [2.24, 2.45) is 7.05 Å². The number of rotatable bonds is 6. The first-order chi connectivity index (χ1) is 9.24. The van der Waals surface area contributed by atoms with E-state index in [4.69, 9.17) is 14.6 Å². The van der Waals surface area contributed by atoms with Crippen LogP contribution in [0.5, 0.6) is 11.5 Å². The number of methoxy groups -OCH3 is 1. The smallest absolute Gasteiger partial charge is 0.161 e. The van der Waals surface area contributed by atoms with Crippen molar-refractivity contribution in [1.29, 1.82) is 0 Å². The average Bonchev–Trinajstić information content (AvgIpc) is 2.84. The topological polar surface area (TPSA) is 56.5 Å². The molecule has 5 heteroatoms. The lowest BCUT2D eigenvalue weighted by atomic mass is 10.2. The number of nitrogens with zero attached hydrogens (tertiary/aromatic N) is 2. The molecule has 0 atom stereocenters. The van der Waals surface area contributed by atoms with Crippen LogP contribution in [0.4, 0.5) is 0 Å². The summed E-state index contributed by atoms with van der Waals surface area (Å²) < 4.78 is 12.8. The van der Waals surface area contributed by atoms with Crippen molar-refractivity contribution >= 4 is 0 Å². The first kappa shape index (κ1) is 13.4. The van der Waals surface area contributed by atoms with Crippen molar-refractivity contribution in [2.75, 3.05) is 13.7 Å². The molecule has 0 unspecified atom stereocenters. The van der Waals surface area contributed by atoms with Gasteiger partial charge in [0.1, 0.15) is 0 Å². The molecular weight excluding hydrogens is 244 g/mol. The van der Waals surface area contributed by atoms with E-state index in [1.807, 2.05) is 23.9 Å². The van der Waals surface area contributed by atoms with Gasteiger partial charge in [0.15, 0.2) is 11.5 Å². The number of benzene rings is 1. The molecule has 1 heterocycles. The van der Waals surface area contributed by atoms with Gasteiger partial charge in [-0.1, -0.05) is 6.07 Å². The normalized spacial score (nSPS) is 10.5. The van der Waals surface area contributed by atoms with Gasteiger partial charge in [-0.2, -0.15) is 5.10 Å². The minimum absolute atomic E-state index is 0.0118. The van der Waals surface area contributed by atoms with Crippen LogP contribution in [0.15, 0.2) is 30.5 Å². The fourth-order valence-electron chi connectivity index (χ4n) is 1.84. The lowest BCUT2D eigenvalue weighted by Crippen LogP contribution is -2.06. The van der Waals surface area contributed by atoms with Gasteiger partial charge in [-0.3, -0.25) is 4.68 Å². The average molecular weight is 262 g/mol. The highest BCUT2D eigenvalue weighted by Gasteiger charge is 2.06. The number of hydrogen-bond acceptors (Lipinski definition) is 4. The van der Waals surface area contributed by atoms with Crippen LogP contribution in [0.2, 0.25) is 0 Å². The van der Waals surface area contributed by atoms with Gasteiger partial charge in [-0.15, -0.1) is 0 Å². The van der Waals surface area contributed by atoms with Gasteiger partial charge in [0.05, 0.1) is 20.3 Å². The van der Waals surface area contributed by atoms with Crippen LogP contribution in [0.3, 0.4) is 0 Å². The summed E-state index contributed by atoms with van der Waals surface area (Å²) in [4.78, 5) is 0. The van der Waals surface area contributed by atoms with E-state index in [1.165, 1.54) is 0 Å². The van der Waals surface area contributed by atoms with Crippen LogP contribution < -0.4 is 9.47 Å². The Bertz CT molecular complexity index is 537. The lowest BCUT2D eigenvalue weighted by molar-refractivity contribution is 0.275. The van der Waals surface area contributed by atoms with Gasteiger partial charge in [-0.05, 0) is 23.8 Å². The quantitative estimate of drug-likeness (QED) is 0.858. The van der Waals surface area contributed by atoms with E-state index in [0.29, 0.717) is 18.1 Å². The third kappa shape index (κ3) is 3.26. The number of ether oxygens (including phenoxy) is 2. The van der Waals surface area contributed by atoms with Crippen LogP contribution in [-0.2, 0) is 20.1 Å². The molecule has 1 N–H and O–H groups in total. The summed E-state index contributed by atoms with van der Waals surface area (Å²) in [5.74, 6) is 1.32. The molecule has 0 spiro atoms. The molecule has 0 saturated heterocycles. The third-order valence-corrected chi connectivity index (χ3v) is 2.95. The minimum atomic E-state index is -0.0118. The third-order valence-electron chi connectivity index (χ3n) is 2.95. The van der Waals surface area contributed by atoms with Gasteiger partial charge in [-0.25, -0.2) is 0 Å². The van der Waals surface area contributed by atoms with Gasteiger partial charge in [0, 0.05) is 25.4 Å². The molecule has 102 valence electrons. The van der Waals surface area contributed by atoms with Crippen molar-refractivity contribution < 1.29 is 14.6 Å². The van der Waals surface area contributed by atoms with E-state index >= 15 is 0 Å². The summed E-state index contributed by atoms with van der Waals surface area (Å²) in [5.41, 5.74) is 1.91. The Balaban J connectivity index is 2.00. The predicted octanol–water partition coefficient (Wildman–Crippen LogP) is 1.54. The molecule has 2 aromatic rings. The fourth-order valence-corrected chi connectivity index (χ4v) is 1.84. The molecule has 0 aliphatic carbocycles. The number of aromatic nitrogens is 2. The summed E-state index contributed by atoms with van der Waals surface area (Å²) in [6.07, 6.45) is 2.53. The Morgan fingerprint density at radius 3 is 2.74 bits per heavy atom. The maximum atomic E-state index is 9.13. The molecular formula is C14H18N2O3. The number of aliphatic hydroxyl groups is 1. The SMILES string of the molecule is COc1ccc(CO)cc1OCCc1ccnn1C. The van der Waals surface area contributed by atoms with Crippen LogP contribution in [0.25, 0.3) is 0 Å². The zero-order chi connectivity index (χ0) is 13.7. The highest BCUT2D eigenvalue weighted by atomic mass is 16.5. The van der Waals surface area contributed by atoms with Crippen LogP contribution in [-0.4, -0.2) is 28.6 Å². The molecule has 2 rings (SSSR count). The highest BCUT2D eigenvalue weighted by molar-refractivity contribution is 5.42. The monoisotopic (exact) mass is 262 g/mol. The fraction of sp³-hybridized carbons (Fsp3) is 0.357. The van der Waals surface area contributed by atoms with Crippen LogP contribution in [0.1, 0.15) is 11.3 Å². The molecule has 0 amide bonds. The second kappa shape index (κ2) is 6.24. The largest absolute Gasteiger partial charge is 0.493 e. The molecule has 0 aliphatic rings. The van der Waals surface area contributed by atoms with Crippen molar-refractivity contribution in [3.63, 3.8) is 0 Å². The van der Waals surface area contributed by atoms with E-state index in [-0.39, 0.29) is 6.61 Å². The standard InChI is InChI=1S/C14H18N2O3/c1-16-12(5-7-15-16)6-8-19-14-9-11(10-17)3-4-13(14)18-2/h3-5,7,9,17H,6,8,10H2,1-2H3. The molecule has 0 saturated carbocycles. The van der Waals surface area contributed by atoms with Gasteiger partial charge >= 0.3 is 0 Å². The van der Waals surface area contributed by atoms with Gasteiger partial charge in [0.2, 0.25) is 0 Å². The van der Waals surface area contributed by atoms with E-state index in [9.17, 15) is 0 Å². The Labute approximate surface area is 112 Å². The zero-order valence-corrected chi connectivity index (χ0v) is 11.2. The molecule has 5 nitrogen and oxygen atoms in total. The minimum Gasteiger partial charge on any atom is -0.493 e.